The number of ether oxygens (including phenoxy) is 1. The van der Waals surface area contributed by atoms with Gasteiger partial charge in [0.1, 0.15) is 6.04 Å². The van der Waals surface area contributed by atoms with Gasteiger partial charge >= 0.3 is 5.97 Å². The third-order valence-electron chi connectivity index (χ3n) is 3.71. The molecule has 18 heavy (non-hydrogen) atoms. The lowest BCUT2D eigenvalue weighted by molar-refractivity contribution is -0.146. The number of unbranched alkanes of at least 4 members (excludes halogenated alkanes) is 1. The van der Waals surface area contributed by atoms with Crippen LogP contribution in [0.5, 0.6) is 0 Å². The van der Waals surface area contributed by atoms with E-state index in [2.05, 4.69) is 12.2 Å². The van der Waals surface area contributed by atoms with Crippen LogP contribution < -0.4 is 5.32 Å². The maximum Gasteiger partial charge on any atom is 0.323 e. The van der Waals surface area contributed by atoms with Crippen LogP contribution in [0.1, 0.15) is 71.6 Å². The Morgan fingerprint density at radius 2 is 1.89 bits per heavy atom. The van der Waals surface area contributed by atoms with Gasteiger partial charge in [-0.3, -0.25) is 4.79 Å². The lowest BCUT2D eigenvalue weighted by atomic mass is 10.0. The topological polar surface area (TPSA) is 38.3 Å². The molecule has 1 aliphatic carbocycles. The van der Waals surface area contributed by atoms with Crippen molar-refractivity contribution in [3.8, 4) is 0 Å². The maximum atomic E-state index is 11.9. The molecule has 0 bridgehead atoms. The van der Waals surface area contributed by atoms with Gasteiger partial charge in [-0.15, -0.1) is 0 Å². The van der Waals surface area contributed by atoms with Crippen LogP contribution in [0, 0.1) is 0 Å². The van der Waals surface area contributed by atoms with Gasteiger partial charge in [0.2, 0.25) is 0 Å². The number of hydrogen-bond donors (Lipinski definition) is 1. The monoisotopic (exact) mass is 255 g/mol. The summed E-state index contributed by atoms with van der Waals surface area (Å²) in [6.07, 6.45) is 10.8. The Hall–Kier alpha value is -0.570. The Bertz CT molecular complexity index is 223. The minimum absolute atomic E-state index is 0.0600. The minimum Gasteiger partial charge on any atom is -0.465 e. The quantitative estimate of drug-likeness (QED) is 0.559. The van der Waals surface area contributed by atoms with Crippen molar-refractivity contribution < 1.29 is 9.53 Å². The van der Waals surface area contributed by atoms with E-state index in [1.165, 1.54) is 38.5 Å². The molecule has 0 amide bonds. The molecule has 1 unspecified atom stereocenters. The van der Waals surface area contributed by atoms with Crippen LogP contribution in [0.15, 0.2) is 0 Å². The van der Waals surface area contributed by atoms with Crippen LogP contribution in [-0.4, -0.2) is 24.7 Å². The summed E-state index contributed by atoms with van der Waals surface area (Å²) < 4.78 is 5.17. The molecule has 0 aromatic carbocycles. The van der Waals surface area contributed by atoms with E-state index in [0.29, 0.717) is 12.6 Å². The zero-order chi connectivity index (χ0) is 13.2. The van der Waals surface area contributed by atoms with Gasteiger partial charge in [0.15, 0.2) is 0 Å². The summed E-state index contributed by atoms with van der Waals surface area (Å²) in [5.41, 5.74) is 0. The first-order valence-electron chi connectivity index (χ1n) is 7.70. The highest BCUT2D eigenvalue weighted by atomic mass is 16.5. The molecule has 0 aromatic rings. The predicted molar refractivity (Wildman–Crippen MR) is 74.6 cm³/mol. The number of carbonyl (C=O) groups excluding carboxylic acids is 1. The zero-order valence-corrected chi connectivity index (χ0v) is 12.0. The Balaban J connectivity index is 2.44. The van der Waals surface area contributed by atoms with E-state index in [0.717, 1.165) is 19.3 Å². The van der Waals surface area contributed by atoms with Gasteiger partial charge in [-0.1, -0.05) is 45.4 Å². The van der Waals surface area contributed by atoms with Crippen molar-refractivity contribution in [2.45, 2.75) is 83.7 Å². The molecule has 0 spiro atoms. The normalized spacial score (nSPS) is 19.2. The first-order chi connectivity index (χ1) is 8.77. The van der Waals surface area contributed by atoms with Crippen LogP contribution in [0.4, 0.5) is 0 Å². The maximum absolute atomic E-state index is 11.9. The molecule has 3 heteroatoms. The highest BCUT2D eigenvalue weighted by Crippen LogP contribution is 2.18. The second kappa shape index (κ2) is 9.37. The summed E-state index contributed by atoms with van der Waals surface area (Å²) in [7, 11) is 0. The average molecular weight is 255 g/mol. The lowest BCUT2D eigenvalue weighted by Crippen LogP contribution is -2.44. The van der Waals surface area contributed by atoms with E-state index < -0.39 is 0 Å². The Morgan fingerprint density at radius 3 is 2.44 bits per heavy atom. The first-order valence-corrected chi connectivity index (χ1v) is 7.70. The molecule has 0 heterocycles. The molecule has 1 fully saturated rings. The average Bonchev–Trinajstić information content (AvgIpc) is 2.63. The van der Waals surface area contributed by atoms with Gasteiger partial charge in [-0.05, 0) is 26.2 Å². The summed E-state index contributed by atoms with van der Waals surface area (Å²) in [6.45, 7) is 4.52. The fraction of sp³-hybridized carbons (Fsp3) is 0.933. The fourth-order valence-corrected chi connectivity index (χ4v) is 2.65. The number of rotatable bonds is 7. The molecule has 0 radical (unpaired) electrons. The van der Waals surface area contributed by atoms with Crippen LogP contribution in [0.3, 0.4) is 0 Å². The summed E-state index contributed by atoms with van der Waals surface area (Å²) >= 11 is 0. The van der Waals surface area contributed by atoms with Gasteiger partial charge in [-0.25, -0.2) is 0 Å². The molecule has 0 saturated heterocycles. The van der Waals surface area contributed by atoms with Gasteiger partial charge in [0, 0.05) is 6.04 Å². The van der Waals surface area contributed by atoms with Gasteiger partial charge in [-0.2, -0.15) is 0 Å². The van der Waals surface area contributed by atoms with Crippen molar-refractivity contribution in [2.75, 3.05) is 6.61 Å². The van der Waals surface area contributed by atoms with Gasteiger partial charge < -0.3 is 10.1 Å². The highest BCUT2D eigenvalue weighted by Gasteiger charge is 2.23. The van der Waals surface area contributed by atoms with Crippen molar-refractivity contribution in [3.05, 3.63) is 0 Å². The van der Waals surface area contributed by atoms with Crippen molar-refractivity contribution >= 4 is 5.97 Å². The molecule has 0 aromatic heterocycles. The molecule has 1 N–H and O–H groups in total. The van der Waals surface area contributed by atoms with Crippen LogP contribution >= 0.6 is 0 Å². The number of esters is 1. The fourth-order valence-electron chi connectivity index (χ4n) is 2.65. The predicted octanol–water partition coefficient (Wildman–Crippen LogP) is 3.42. The molecule has 1 rings (SSSR count). The van der Waals surface area contributed by atoms with Crippen molar-refractivity contribution in [3.63, 3.8) is 0 Å². The molecule has 106 valence electrons. The number of hydrogen-bond acceptors (Lipinski definition) is 3. The van der Waals surface area contributed by atoms with Crippen molar-refractivity contribution in [2.24, 2.45) is 0 Å². The Morgan fingerprint density at radius 1 is 1.22 bits per heavy atom. The van der Waals surface area contributed by atoms with E-state index in [4.69, 9.17) is 4.74 Å². The Labute approximate surface area is 112 Å². The number of carbonyl (C=O) groups is 1. The minimum atomic E-state index is -0.0898. The SMILES string of the molecule is CCCCC(NC1CCCCCC1)C(=O)OCC. The molecule has 0 aliphatic heterocycles. The second-order valence-corrected chi connectivity index (χ2v) is 5.30. The molecule has 1 saturated carbocycles. The second-order valence-electron chi connectivity index (χ2n) is 5.30. The van der Waals surface area contributed by atoms with E-state index in [1.54, 1.807) is 0 Å². The van der Waals surface area contributed by atoms with Crippen LogP contribution in [0.25, 0.3) is 0 Å². The third kappa shape index (κ3) is 5.85. The summed E-state index contributed by atoms with van der Waals surface area (Å²) in [4.78, 5) is 11.9. The first kappa shape index (κ1) is 15.5. The summed E-state index contributed by atoms with van der Waals surface area (Å²) in [5, 5.41) is 3.54. The number of nitrogens with one attached hydrogen (secondary N) is 1. The molecular formula is C15H29NO2. The molecule has 1 aliphatic rings. The van der Waals surface area contributed by atoms with Crippen LogP contribution in [0.2, 0.25) is 0 Å². The standard InChI is InChI=1S/C15H29NO2/c1-3-5-12-14(15(17)18-4-2)16-13-10-8-6-7-9-11-13/h13-14,16H,3-12H2,1-2H3. The van der Waals surface area contributed by atoms with Crippen molar-refractivity contribution in [1.29, 1.82) is 0 Å². The van der Waals surface area contributed by atoms with E-state index in [1.807, 2.05) is 6.92 Å². The molecular weight excluding hydrogens is 226 g/mol. The summed E-state index contributed by atoms with van der Waals surface area (Å²) in [6, 6.07) is 0.423. The van der Waals surface area contributed by atoms with Crippen molar-refractivity contribution in [1.82, 2.24) is 5.32 Å². The Kier molecular flexibility index (Phi) is 8.06. The smallest absolute Gasteiger partial charge is 0.323 e. The van der Waals surface area contributed by atoms with E-state index in [-0.39, 0.29) is 12.0 Å². The largest absolute Gasteiger partial charge is 0.465 e. The highest BCUT2D eigenvalue weighted by molar-refractivity contribution is 5.75. The summed E-state index contributed by atoms with van der Waals surface area (Å²) in [5.74, 6) is -0.0600. The third-order valence-corrected chi connectivity index (χ3v) is 3.71. The molecule has 1 atom stereocenters. The van der Waals surface area contributed by atoms with Gasteiger partial charge in [0.05, 0.1) is 6.61 Å². The zero-order valence-electron chi connectivity index (χ0n) is 12.0. The lowest BCUT2D eigenvalue weighted by Gasteiger charge is -2.23. The van der Waals surface area contributed by atoms with Crippen LogP contribution in [-0.2, 0) is 9.53 Å². The van der Waals surface area contributed by atoms with Gasteiger partial charge in [0.25, 0.3) is 0 Å². The van der Waals surface area contributed by atoms with E-state index in [9.17, 15) is 4.79 Å². The molecule has 3 nitrogen and oxygen atoms in total. The van der Waals surface area contributed by atoms with E-state index >= 15 is 0 Å².